The predicted molar refractivity (Wildman–Crippen MR) is 82.4 cm³/mol. The highest BCUT2D eigenvalue weighted by molar-refractivity contribution is 7.16. The van der Waals surface area contributed by atoms with E-state index in [2.05, 4.69) is 27.1 Å². The van der Waals surface area contributed by atoms with Gasteiger partial charge in [-0.15, -0.1) is 11.3 Å². The average Bonchev–Trinajstić information content (AvgIpc) is 2.83. The van der Waals surface area contributed by atoms with Gasteiger partial charge in [0.15, 0.2) is 0 Å². The fourth-order valence-electron chi connectivity index (χ4n) is 1.72. The Balaban J connectivity index is 2.20. The molecule has 0 aromatic carbocycles. The third kappa shape index (κ3) is 3.58. The minimum absolute atomic E-state index is 0.792. The van der Waals surface area contributed by atoms with E-state index in [1.807, 2.05) is 32.3 Å². The fraction of sp³-hybridized carbons (Fsp3) is 0.385. The lowest BCUT2D eigenvalue weighted by molar-refractivity contribution is 0.868. The van der Waals surface area contributed by atoms with Gasteiger partial charge in [-0.05, 0) is 12.1 Å². The number of aromatic nitrogens is 2. The lowest BCUT2D eigenvalue weighted by Crippen LogP contribution is -2.18. The highest BCUT2D eigenvalue weighted by Crippen LogP contribution is 2.24. The molecule has 19 heavy (non-hydrogen) atoms. The van der Waals surface area contributed by atoms with Gasteiger partial charge in [0.25, 0.3) is 0 Å². The van der Waals surface area contributed by atoms with Crippen LogP contribution in [0.1, 0.15) is 17.6 Å². The molecule has 0 radical (unpaired) electrons. The zero-order valence-electron chi connectivity index (χ0n) is 11.3. The van der Waals surface area contributed by atoms with Crippen molar-refractivity contribution in [1.29, 1.82) is 0 Å². The molecule has 2 heterocycles. The molecule has 1 N–H and O–H groups in total. The summed E-state index contributed by atoms with van der Waals surface area (Å²) in [4.78, 5) is 12.3. The molecular formula is C13H17ClN4S. The molecule has 2 rings (SSSR count). The summed E-state index contributed by atoms with van der Waals surface area (Å²) in [5, 5.41) is 3.07. The van der Waals surface area contributed by atoms with Gasteiger partial charge in [-0.1, -0.05) is 18.5 Å². The molecule has 0 bridgehead atoms. The van der Waals surface area contributed by atoms with Crippen LogP contribution in [0.4, 0.5) is 11.6 Å². The quantitative estimate of drug-likeness (QED) is 0.918. The Hall–Kier alpha value is -1.33. The van der Waals surface area contributed by atoms with E-state index in [1.165, 1.54) is 4.88 Å². The molecule has 6 heteroatoms. The van der Waals surface area contributed by atoms with Gasteiger partial charge in [0, 0.05) is 31.5 Å². The predicted octanol–water partition coefficient (Wildman–Crippen LogP) is 3.43. The molecule has 2 aromatic rings. The first-order valence-corrected chi connectivity index (χ1v) is 7.33. The van der Waals surface area contributed by atoms with Gasteiger partial charge in [0.1, 0.15) is 17.5 Å². The van der Waals surface area contributed by atoms with Crippen LogP contribution >= 0.6 is 22.9 Å². The number of rotatable bonds is 5. The van der Waals surface area contributed by atoms with Gasteiger partial charge in [-0.2, -0.15) is 0 Å². The minimum Gasteiger partial charge on any atom is -0.373 e. The third-order valence-electron chi connectivity index (χ3n) is 2.74. The van der Waals surface area contributed by atoms with Crippen LogP contribution in [0.3, 0.4) is 0 Å². The number of anilines is 2. The lowest BCUT2D eigenvalue weighted by atomic mass is 10.4. The summed E-state index contributed by atoms with van der Waals surface area (Å²) in [6.07, 6.45) is 0.821. The lowest BCUT2D eigenvalue weighted by Gasteiger charge is -2.18. The molecule has 4 nitrogen and oxygen atoms in total. The first-order chi connectivity index (χ1) is 9.12. The van der Waals surface area contributed by atoms with Gasteiger partial charge < -0.3 is 10.2 Å². The number of hydrogen-bond acceptors (Lipinski definition) is 5. The van der Waals surface area contributed by atoms with Crippen molar-refractivity contribution in [2.45, 2.75) is 19.9 Å². The Morgan fingerprint density at radius 3 is 2.74 bits per heavy atom. The molecule has 0 unspecified atom stereocenters. The van der Waals surface area contributed by atoms with Crippen LogP contribution in [0.15, 0.2) is 18.2 Å². The minimum atomic E-state index is 0.792. The van der Waals surface area contributed by atoms with Gasteiger partial charge in [-0.25, -0.2) is 9.97 Å². The van der Waals surface area contributed by atoms with Crippen molar-refractivity contribution in [1.82, 2.24) is 9.97 Å². The molecule has 2 aromatic heterocycles. The van der Waals surface area contributed by atoms with Crippen LogP contribution in [0.5, 0.6) is 0 Å². The van der Waals surface area contributed by atoms with Crippen LogP contribution < -0.4 is 10.2 Å². The van der Waals surface area contributed by atoms with Crippen LogP contribution in [0, 0.1) is 0 Å². The molecule has 0 saturated carbocycles. The van der Waals surface area contributed by atoms with E-state index in [-0.39, 0.29) is 0 Å². The summed E-state index contributed by atoms with van der Waals surface area (Å²) in [5.74, 6) is 2.61. The molecule has 0 atom stereocenters. The maximum absolute atomic E-state index is 5.95. The first kappa shape index (κ1) is 14.1. The molecule has 102 valence electrons. The standard InChI is InChI=1S/C13H17ClN4S/c1-4-11-16-12(15-2)7-13(17-11)18(3)8-9-5-6-10(14)19-9/h5-7H,4,8H2,1-3H3,(H,15,16,17). The number of nitrogens with zero attached hydrogens (tertiary/aromatic N) is 3. The van der Waals surface area contributed by atoms with Crippen molar-refractivity contribution in [2.75, 3.05) is 24.3 Å². The SMILES string of the molecule is CCc1nc(NC)cc(N(C)Cc2ccc(Cl)s2)n1. The van der Waals surface area contributed by atoms with E-state index < -0.39 is 0 Å². The third-order valence-corrected chi connectivity index (χ3v) is 3.96. The zero-order chi connectivity index (χ0) is 13.8. The average molecular weight is 297 g/mol. The summed E-state index contributed by atoms with van der Waals surface area (Å²) in [5.41, 5.74) is 0. The molecule has 0 aliphatic heterocycles. The molecule has 0 saturated heterocycles. The van der Waals surface area contributed by atoms with Gasteiger partial charge in [0.2, 0.25) is 0 Å². The van der Waals surface area contributed by atoms with E-state index in [1.54, 1.807) is 11.3 Å². The van der Waals surface area contributed by atoms with Crippen LogP contribution in [0.2, 0.25) is 4.34 Å². The monoisotopic (exact) mass is 296 g/mol. The Labute approximate surface area is 122 Å². The van der Waals surface area contributed by atoms with E-state index in [0.29, 0.717) is 0 Å². The van der Waals surface area contributed by atoms with Crippen LogP contribution in [-0.2, 0) is 13.0 Å². The van der Waals surface area contributed by atoms with Crippen molar-refractivity contribution in [3.63, 3.8) is 0 Å². The van der Waals surface area contributed by atoms with Crippen molar-refractivity contribution >= 4 is 34.6 Å². The zero-order valence-corrected chi connectivity index (χ0v) is 12.8. The highest BCUT2D eigenvalue weighted by Gasteiger charge is 2.09. The second-order valence-corrected chi connectivity index (χ2v) is 5.99. The smallest absolute Gasteiger partial charge is 0.134 e. The number of hydrogen-bond donors (Lipinski definition) is 1. The fourth-order valence-corrected chi connectivity index (χ4v) is 2.86. The van der Waals surface area contributed by atoms with Gasteiger partial charge in [-0.3, -0.25) is 0 Å². The maximum atomic E-state index is 5.95. The highest BCUT2D eigenvalue weighted by atomic mass is 35.5. The Morgan fingerprint density at radius 1 is 1.37 bits per heavy atom. The van der Waals surface area contributed by atoms with E-state index in [9.17, 15) is 0 Å². The second kappa shape index (κ2) is 6.21. The summed E-state index contributed by atoms with van der Waals surface area (Å²) in [6.45, 7) is 2.85. The summed E-state index contributed by atoms with van der Waals surface area (Å²) in [7, 11) is 3.89. The topological polar surface area (TPSA) is 41.1 Å². The number of thiophene rings is 1. The number of nitrogens with one attached hydrogen (secondary N) is 1. The molecule has 0 aliphatic carbocycles. The van der Waals surface area contributed by atoms with E-state index >= 15 is 0 Å². The molecule has 0 aliphatic rings. The molecule has 0 spiro atoms. The van der Waals surface area contributed by atoms with Gasteiger partial charge >= 0.3 is 0 Å². The summed E-state index contributed by atoms with van der Waals surface area (Å²) < 4.78 is 0.816. The van der Waals surface area contributed by atoms with Crippen molar-refractivity contribution in [3.05, 3.63) is 33.2 Å². The molecular weight excluding hydrogens is 280 g/mol. The van der Waals surface area contributed by atoms with E-state index in [4.69, 9.17) is 11.6 Å². The molecule has 0 fully saturated rings. The van der Waals surface area contributed by atoms with Gasteiger partial charge in [0.05, 0.1) is 10.9 Å². The van der Waals surface area contributed by atoms with Crippen molar-refractivity contribution < 1.29 is 0 Å². The maximum Gasteiger partial charge on any atom is 0.134 e. The number of halogens is 1. The summed E-state index contributed by atoms with van der Waals surface area (Å²) in [6, 6.07) is 5.92. The Bertz CT molecular complexity index is 533. The first-order valence-electron chi connectivity index (χ1n) is 6.13. The van der Waals surface area contributed by atoms with Crippen LogP contribution in [-0.4, -0.2) is 24.1 Å². The van der Waals surface area contributed by atoms with Crippen molar-refractivity contribution in [3.8, 4) is 0 Å². The number of aryl methyl sites for hydroxylation is 1. The molecule has 0 amide bonds. The second-order valence-electron chi connectivity index (χ2n) is 4.19. The Kier molecular flexibility index (Phi) is 4.61. The largest absolute Gasteiger partial charge is 0.373 e. The van der Waals surface area contributed by atoms with Crippen LogP contribution in [0.25, 0.3) is 0 Å². The Morgan fingerprint density at radius 2 is 2.16 bits per heavy atom. The van der Waals surface area contributed by atoms with E-state index in [0.717, 1.165) is 34.8 Å². The summed E-state index contributed by atoms with van der Waals surface area (Å²) >= 11 is 7.54. The normalized spacial score (nSPS) is 10.5. The van der Waals surface area contributed by atoms with Crippen molar-refractivity contribution in [2.24, 2.45) is 0 Å².